The van der Waals surface area contributed by atoms with Crippen LogP contribution in [0.15, 0.2) is 0 Å². The van der Waals surface area contributed by atoms with Gasteiger partial charge in [-0.15, -0.1) is 0 Å². The van der Waals surface area contributed by atoms with Crippen molar-refractivity contribution in [3.63, 3.8) is 0 Å². The fraction of sp³-hybridized carbons (Fsp3) is 0.833. The predicted molar refractivity (Wildman–Crippen MR) is 60.6 cm³/mol. The second kappa shape index (κ2) is 3.37. The molecule has 1 N–H and O–H groups in total. The van der Waals surface area contributed by atoms with Crippen molar-refractivity contribution in [3.05, 3.63) is 0 Å². The van der Waals surface area contributed by atoms with Crippen LogP contribution in [0.4, 0.5) is 4.79 Å². The summed E-state index contributed by atoms with van der Waals surface area (Å²) in [5.74, 6) is -0.587. The molecule has 0 unspecified atom stereocenters. The summed E-state index contributed by atoms with van der Waals surface area (Å²) in [7, 11) is 0. The third kappa shape index (κ3) is 1.59. The van der Waals surface area contributed by atoms with Crippen LogP contribution in [0.2, 0.25) is 0 Å². The first-order chi connectivity index (χ1) is 7.68. The molecule has 0 aromatic heterocycles. The van der Waals surface area contributed by atoms with Crippen molar-refractivity contribution in [1.82, 2.24) is 4.90 Å². The van der Waals surface area contributed by atoms with Crippen molar-refractivity contribution in [1.29, 1.82) is 0 Å². The van der Waals surface area contributed by atoms with Gasteiger partial charge in [0.2, 0.25) is 0 Å². The van der Waals surface area contributed by atoms with Gasteiger partial charge in [0.05, 0.1) is 0 Å². The molecule has 96 valence electrons. The van der Waals surface area contributed by atoms with Crippen molar-refractivity contribution in [3.8, 4) is 0 Å². The van der Waals surface area contributed by atoms with Gasteiger partial charge in [-0.2, -0.15) is 0 Å². The number of carboxylic acids is 1. The van der Waals surface area contributed by atoms with Crippen molar-refractivity contribution in [2.75, 3.05) is 6.54 Å². The van der Waals surface area contributed by atoms with E-state index in [2.05, 4.69) is 0 Å². The first-order valence-electron chi connectivity index (χ1n) is 5.92. The first kappa shape index (κ1) is 12.2. The zero-order chi connectivity index (χ0) is 13.0. The molecule has 2 saturated heterocycles. The normalized spacial score (nSPS) is 35.4. The lowest BCUT2D eigenvalue weighted by molar-refractivity contribution is -0.156. The van der Waals surface area contributed by atoms with E-state index in [4.69, 9.17) is 4.74 Å². The summed E-state index contributed by atoms with van der Waals surface area (Å²) in [5.41, 5.74) is -1.61. The minimum Gasteiger partial charge on any atom is -0.479 e. The topological polar surface area (TPSA) is 66.8 Å². The highest BCUT2D eigenvalue weighted by molar-refractivity contribution is 5.87. The van der Waals surface area contributed by atoms with Crippen molar-refractivity contribution in [2.24, 2.45) is 11.8 Å². The van der Waals surface area contributed by atoms with E-state index in [9.17, 15) is 14.7 Å². The molecule has 2 bridgehead atoms. The third-order valence-corrected chi connectivity index (χ3v) is 3.92. The maximum atomic E-state index is 12.0. The number of nitrogens with zero attached hydrogens (tertiary/aromatic N) is 1. The molecule has 3 atom stereocenters. The minimum atomic E-state index is -1.02. The molecular weight excluding hydrogens is 222 g/mol. The number of carbonyl (C=O) groups excluding carboxylic acids is 1. The van der Waals surface area contributed by atoms with Crippen LogP contribution in [0.5, 0.6) is 0 Å². The third-order valence-electron chi connectivity index (χ3n) is 3.92. The lowest BCUT2D eigenvalue weighted by atomic mass is 9.64. The fourth-order valence-corrected chi connectivity index (χ4v) is 2.92. The Morgan fingerprint density at radius 3 is 2.41 bits per heavy atom. The molecule has 3 rings (SSSR count). The zero-order valence-electron chi connectivity index (χ0n) is 10.7. The summed E-state index contributed by atoms with van der Waals surface area (Å²) in [6, 6.07) is 0. The van der Waals surface area contributed by atoms with E-state index in [1.54, 1.807) is 20.8 Å². The second-order valence-electron chi connectivity index (χ2n) is 6.07. The number of hydrogen-bond acceptors (Lipinski definition) is 3. The Balaban J connectivity index is 2.18. The first-order valence-corrected chi connectivity index (χ1v) is 5.92. The van der Waals surface area contributed by atoms with Crippen LogP contribution < -0.4 is 0 Å². The van der Waals surface area contributed by atoms with E-state index < -0.39 is 23.2 Å². The Labute approximate surface area is 101 Å². The molecule has 3 fully saturated rings. The Kier molecular flexibility index (Phi) is 2.42. The summed E-state index contributed by atoms with van der Waals surface area (Å²) < 4.78 is 5.27. The highest BCUT2D eigenvalue weighted by atomic mass is 16.6. The number of carbonyl (C=O) groups is 2. The highest BCUT2D eigenvalue weighted by Crippen LogP contribution is 2.55. The average molecular weight is 241 g/mol. The van der Waals surface area contributed by atoms with Gasteiger partial charge in [-0.05, 0) is 39.0 Å². The molecule has 1 aliphatic carbocycles. The number of fused-ring (bicyclic) bond motifs is 1. The van der Waals surface area contributed by atoms with Crippen LogP contribution in [0, 0.1) is 11.8 Å². The average Bonchev–Trinajstić information content (AvgIpc) is 2.67. The summed E-state index contributed by atoms with van der Waals surface area (Å²) in [5, 5.41) is 9.35. The summed E-state index contributed by atoms with van der Waals surface area (Å²) >= 11 is 0. The van der Waals surface area contributed by atoms with E-state index in [1.165, 1.54) is 4.90 Å². The van der Waals surface area contributed by atoms with Gasteiger partial charge in [0.15, 0.2) is 0 Å². The smallest absolute Gasteiger partial charge is 0.411 e. The van der Waals surface area contributed by atoms with Crippen LogP contribution in [-0.4, -0.2) is 39.8 Å². The highest BCUT2D eigenvalue weighted by Gasteiger charge is 2.68. The maximum absolute atomic E-state index is 12.0. The van der Waals surface area contributed by atoms with E-state index in [1.807, 2.05) is 6.92 Å². The molecule has 1 amide bonds. The Morgan fingerprint density at radius 1 is 1.41 bits per heavy atom. The predicted octanol–water partition coefficient (Wildman–Crippen LogP) is 1.72. The fourth-order valence-electron chi connectivity index (χ4n) is 2.92. The maximum Gasteiger partial charge on any atom is 0.411 e. The van der Waals surface area contributed by atoms with E-state index in [-0.39, 0.29) is 5.92 Å². The molecule has 1 saturated carbocycles. The number of hydrogen-bond donors (Lipinski definition) is 1. The Morgan fingerprint density at radius 2 is 2.00 bits per heavy atom. The monoisotopic (exact) mass is 241 g/mol. The molecular formula is C12H19NO4. The lowest BCUT2D eigenvalue weighted by Crippen LogP contribution is -2.60. The number of rotatable bonds is 1. The zero-order valence-corrected chi connectivity index (χ0v) is 10.7. The SMILES string of the molecule is C[C@@H]1[C@@H]2CN(C(=O)OC(C)(C)C)[C@@]1(C(=O)O)C2. The largest absolute Gasteiger partial charge is 0.479 e. The summed E-state index contributed by atoms with van der Waals surface area (Å²) in [4.78, 5) is 24.8. The molecule has 2 aliphatic heterocycles. The standard InChI is InChI=1S/C12H19NO4/c1-7-8-5-12(7,9(14)15)13(6-8)10(16)17-11(2,3)4/h7-8H,5-6H2,1-4H3,(H,14,15)/t7-,8+,12+/m1/s1. The van der Waals surface area contributed by atoms with E-state index in [0.717, 1.165) is 0 Å². The Bertz CT molecular complexity index is 373. The van der Waals surface area contributed by atoms with Crippen LogP contribution in [0.3, 0.4) is 0 Å². The molecule has 17 heavy (non-hydrogen) atoms. The molecule has 0 spiro atoms. The number of aliphatic carboxylic acids is 1. The van der Waals surface area contributed by atoms with Gasteiger partial charge >= 0.3 is 12.1 Å². The number of ether oxygens (including phenoxy) is 1. The number of carboxylic acid groups (broad SMARTS) is 1. The molecule has 0 aromatic rings. The van der Waals surface area contributed by atoms with Crippen LogP contribution in [0.25, 0.3) is 0 Å². The van der Waals surface area contributed by atoms with Gasteiger partial charge in [-0.25, -0.2) is 9.59 Å². The summed E-state index contributed by atoms with van der Waals surface area (Å²) in [6.07, 6.45) is 0.0506. The van der Waals surface area contributed by atoms with Gasteiger partial charge in [-0.1, -0.05) is 6.92 Å². The van der Waals surface area contributed by atoms with Crippen molar-refractivity contribution in [2.45, 2.75) is 45.3 Å². The van der Waals surface area contributed by atoms with Gasteiger partial charge in [0.25, 0.3) is 0 Å². The van der Waals surface area contributed by atoms with Crippen molar-refractivity contribution >= 4 is 12.1 Å². The van der Waals surface area contributed by atoms with E-state index in [0.29, 0.717) is 18.9 Å². The minimum absolute atomic E-state index is 0.0209. The van der Waals surface area contributed by atoms with Gasteiger partial charge < -0.3 is 9.84 Å². The van der Waals surface area contributed by atoms with Gasteiger partial charge in [-0.3, -0.25) is 4.90 Å². The second-order valence-corrected chi connectivity index (χ2v) is 6.07. The van der Waals surface area contributed by atoms with Crippen LogP contribution in [-0.2, 0) is 9.53 Å². The molecule has 0 radical (unpaired) electrons. The summed E-state index contributed by atoms with van der Waals surface area (Å²) in [6.45, 7) is 7.74. The molecule has 5 heteroatoms. The molecule has 2 heterocycles. The molecule has 5 nitrogen and oxygen atoms in total. The van der Waals surface area contributed by atoms with Crippen LogP contribution >= 0.6 is 0 Å². The van der Waals surface area contributed by atoms with Gasteiger partial charge in [0.1, 0.15) is 11.1 Å². The molecule has 0 aromatic carbocycles. The quantitative estimate of drug-likeness (QED) is 0.759. The van der Waals surface area contributed by atoms with Gasteiger partial charge in [0, 0.05) is 6.54 Å². The molecule has 3 aliphatic rings. The lowest BCUT2D eigenvalue weighted by Gasteiger charge is -2.43. The Hall–Kier alpha value is -1.26. The number of amides is 1. The van der Waals surface area contributed by atoms with E-state index >= 15 is 0 Å². The van der Waals surface area contributed by atoms with Crippen molar-refractivity contribution < 1.29 is 19.4 Å². The van der Waals surface area contributed by atoms with Crippen LogP contribution in [0.1, 0.15) is 34.1 Å².